The maximum absolute atomic E-state index is 10.4. The van der Waals surface area contributed by atoms with Gasteiger partial charge < -0.3 is 5.11 Å². The number of carboxylic acid groups (broad SMARTS) is 1. The molecule has 0 aliphatic heterocycles. The molecule has 0 aliphatic rings. The number of halogens is 1. The molecule has 1 aromatic carbocycles. The molecule has 0 atom stereocenters. The summed E-state index contributed by atoms with van der Waals surface area (Å²) in [6.45, 7) is 0. The summed E-state index contributed by atoms with van der Waals surface area (Å²) in [4.78, 5) is 14.6. The second kappa shape index (κ2) is 4.80. The van der Waals surface area contributed by atoms with Crippen LogP contribution in [0.15, 0.2) is 17.6 Å². The third-order valence-corrected chi connectivity index (χ3v) is 3.48. The smallest absolute Gasteiger partial charge is 0.303 e. The van der Waals surface area contributed by atoms with Gasteiger partial charge in [-0.05, 0) is 30.5 Å². The Bertz CT molecular complexity index is 524. The van der Waals surface area contributed by atoms with Crippen LogP contribution < -0.4 is 0 Å². The van der Waals surface area contributed by atoms with Crippen LogP contribution in [0.4, 0.5) is 0 Å². The quantitative estimate of drug-likeness (QED) is 0.911. The first-order chi connectivity index (χ1) is 7.66. The molecule has 0 radical (unpaired) electrons. The van der Waals surface area contributed by atoms with Crippen LogP contribution in [-0.2, 0) is 11.2 Å². The van der Waals surface area contributed by atoms with Gasteiger partial charge in [-0.25, -0.2) is 4.98 Å². The first kappa shape index (κ1) is 11.4. The number of hydrogen-bond donors (Lipinski definition) is 1. The number of aryl methyl sites for hydroxylation is 1. The molecule has 0 amide bonds. The minimum Gasteiger partial charge on any atom is -0.481 e. The number of aliphatic carboxylic acids is 1. The second-order valence-corrected chi connectivity index (χ2v) is 4.80. The van der Waals surface area contributed by atoms with E-state index in [4.69, 9.17) is 16.7 Å². The lowest BCUT2D eigenvalue weighted by atomic mass is 10.1. The maximum Gasteiger partial charge on any atom is 0.303 e. The third-order valence-electron chi connectivity index (χ3n) is 2.34. The summed E-state index contributed by atoms with van der Waals surface area (Å²) in [6.07, 6.45) is 1.45. The Labute approximate surface area is 102 Å². The molecular weight excluding hydrogens is 246 g/mol. The number of nitrogens with zero attached hydrogens (tertiary/aromatic N) is 1. The monoisotopic (exact) mass is 255 g/mol. The van der Waals surface area contributed by atoms with Gasteiger partial charge in [-0.15, -0.1) is 11.3 Å². The van der Waals surface area contributed by atoms with E-state index in [9.17, 15) is 4.79 Å². The molecule has 0 spiro atoms. The van der Waals surface area contributed by atoms with E-state index in [2.05, 4.69) is 4.98 Å². The summed E-state index contributed by atoms with van der Waals surface area (Å²) in [5, 5.41) is 9.25. The summed E-state index contributed by atoms with van der Waals surface area (Å²) >= 11 is 7.66. The fourth-order valence-electron chi connectivity index (χ4n) is 1.54. The Morgan fingerprint density at radius 1 is 1.50 bits per heavy atom. The van der Waals surface area contributed by atoms with Gasteiger partial charge in [0.25, 0.3) is 0 Å². The maximum atomic E-state index is 10.4. The molecular formula is C11H10ClNO2S. The zero-order valence-corrected chi connectivity index (χ0v) is 10.0. The Kier molecular flexibility index (Phi) is 3.41. The number of thiazole rings is 1. The lowest BCUT2D eigenvalue weighted by Crippen LogP contribution is -1.96. The van der Waals surface area contributed by atoms with Crippen molar-refractivity contribution in [3.63, 3.8) is 0 Å². The van der Waals surface area contributed by atoms with Gasteiger partial charge in [-0.1, -0.05) is 11.6 Å². The Hall–Kier alpha value is -1.13. The average Bonchev–Trinajstić information content (AvgIpc) is 2.64. The van der Waals surface area contributed by atoms with Crippen LogP contribution in [0.5, 0.6) is 0 Å². The molecule has 16 heavy (non-hydrogen) atoms. The standard InChI is InChI=1S/C11H10ClNO2S/c12-8-5-10-9(13-6-16-10)4-7(8)2-1-3-11(14)15/h4-6H,1-3H2,(H,14,15). The number of carboxylic acids is 1. The zero-order valence-electron chi connectivity index (χ0n) is 8.44. The van der Waals surface area contributed by atoms with Gasteiger partial charge in [0.2, 0.25) is 0 Å². The van der Waals surface area contributed by atoms with Crippen molar-refractivity contribution in [3.05, 3.63) is 28.2 Å². The van der Waals surface area contributed by atoms with Crippen LogP contribution in [0.2, 0.25) is 5.02 Å². The van der Waals surface area contributed by atoms with Crippen molar-refractivity contribution in [1.82, 2.24) is 4.98 Å². The summed E-state index contributed by atoms with van der Waals surface area (Å²) in [7, 11) is 0. The van der Waals surface area contributed by atoms with Crippen molar-refractivity contribution in [2.75, 3.05) is 0 Å². The van der Waals surface area contributed by atoms with Crippen molar-refractivity contribution in [3.8, 4) is 0 Å². The van der Waals surface area contributed by atoms with Gasteiger partial charge in [0.05, 0.1) is 15.7 Å². The van der Waals surface area contributed by atoms with Crippen molar-refractivity contribution >= 4 is 39.1 Å². The van der Waals surface area contributed by atoms with Crippen molar-refractivity contribution in [1.29, 1.82) is 0 Å². The second-order valence-electron chi connectivity index (χ2n) is 3.51. The molecule has 5 heteroatoms. The van der Waals surface area contributed by atoms with E-state index in [1.54, 1.807) is 16.8 Å². The van der Waals surface area contributed by atoms with E-state index in [-0.39, 0.29) is 6.42 Å². The molecule has 1 heterocycles. The van der Waals surface area contributed by atoms with Gasteiger partial charge in [0, 0.05) is 11.4 Å². The van der Waals surface area contributed by atoms with Crippen LogP contribution in [-0.4, -0.2) is 16.1 Å². The number of carbonyl (C=O) groups is 1. The molecule has 1 N–H and O–H groups in total. The Morgan fingerprint density at radius 3 is 3.06 bits per heavy atom. The molecule has 2 aromatic rings. The number of rotatable bonds is 4. The van der Waals surface area contributed by atoms with E-state index < -0.39 is 5.97 Å². The van der Waals surface area contributed by atoms with Gasteiger partial charge >= 0.3 is 5.97 Å². The van der Waals surface area contributed by atoms with E-state index in [1.165, 1.54) is 0 Å². The van der Waals surface area contributed by atoms with Gasteiger partial charge in [0.1, 0.15) is 0 Å². The normalized spacial score (nSPS) is 10.8. The van der Waals surface area contributed by atoms with Crippen LogP contribution in [0, 0.1) is 0 Å². The van der Waals surface area contributed by atoms with Crippen molar-refractivity contribution < 1.29 is 9.90 Å². The minimum atomic E-state index is -0.772. The molecule has 0 saturated heterocycles. The predicted molar refractivity (Wildman–Crippen MR) is 65.2 cm³/mol. The van der Waals surface area contributed by atoms with Gasteiger partial charge in [-0.2, -0.15) is 0 Å². The molecule has 84 valence electrons. The first-order valence-electron chi connectivity index (χ1n) is 4.90. The van der Waals surface area contributed by atoms with E-state index in [1.807, 2.05) is 12.1 Å². The number of aromatic nitrogens is 1. The molecule has 2 rings (SSSR count). The van der Waals surface area contributed by atoms with Crippen LogP contribution in [0.3, 0.4) is 0 Å². The van der Waals surface area contributed by atoms with E-state index in [0.29, 0.717) is 17.9 Å². The molecule has 0 bridgehead atoms. The number of fused-ring (bicyclic) bond motifs is 1. The van der Waals surface area contributed by atoms with Crippen LogP contribution in [0.25, 0.3) is 10.2 Å². The average molecular weight is 256 g/mol. The summed E-state index contributed by atoms with van der Waals surface area (Å²) in [6, 6.07) is 3.83. The lowest BCUT2D eigenvalue weighted by Gasteiger charge is -2.03. The van der Waals surface area contributed by atoms with Crippen LogP contribution in [0.1, 0.15) is 18.4 Å². The number of hydrogen-bond acceptors (Lipinski definition) is 3. The fourth-order valence-corrected chi connectivity index (χ4v) is 2.56. The SMILES string of the molecule is O=C(O)CCCc1cc2ncsc2cc1Cl. The summed E-state index contributed by atoms with van der Waals surface area (Å²) in [5.41, 5.74) is 3.68. The fraction of sp³-hybridized carbons (Fsp3) is 0.273. The highest BCUT2D eigenvalue weighted by molar-refractivity contribution is 7.16. The van der Waals surface area contributed by atoms with E-state index >= 15 is 0 Å². The summed E-state index contributed by atoms with van der Waals surface area (Å²) < 4.78 is 1.06. The van der Waals surface area contributed by atoms with Crippen molar-refractivity contribution in [2.45, 2.75) is 19.3 Å². The molecule has 0 aliphatic carbocycles. The first-order valence-corrected chi connectivity index (χ1v) is 6.16. The molecule has 0 saturated carbocycles. The summed E-state index contributed by atoms with van der Waals surface area (Å²) in [5.74, 6) is -0.772. The predicted octanol–water partition coefficient (Wildman–Crippen LogP) is 3.36. The minimum absolute atomic E-state index is 0.172. The van der Waals surface area contributed by atoms with Crippen LogP contribution >= 0.6 is 22.9 Å². The topological polar surface area (TPSA) is 50.2 Å². The molecule has 3 nitrogen and oxygen atoms in total. The highest BCUT2D eigenvalue weighted by Crippen LogP contribution is 2.27. The number of benzene rings is 1. The highest BCUT2D eigenvalue weighted by atomic mass is 35.5. The zero-order chi connectivity index (χ0) is 11.5. The molecule has 0 fully saturated rings. The van der Waals surface area contributed by atoms with Gasteiger partial charge in [-0.3, -0.25) is 4.79 Å². The molecule has 0 unspecified atom stereocenters. The van der Waals surface area contributed by atoms with E-state index in [0.717, 1.165) is 15.8 Å². The highest BCUT2D eigenvalue weighted by Gasteiger charge is 2.06. The largest absolute Gasteiger partial charge is 0.481 e. The lowest BCUT2D eigenvalue weighted by molar-refractivity contribution is -0.137. The van der Waals surface area contributed by atoms with Crippen molar-refractivity contribution in [2.24, 2.45) is 0 Å². The van der Waals surface area contributed by atoms with Gasteiger partial charge in [0.15, 0.2) is 0 Å². The Morgan fingerprint density at radius 2 is 2.31 bits per heavy atom. The Balaban J connectivity index is 2.16. The molecule has 1 aromatic heterocycles. The third kappa shape index (κ3) is 2.51.